The number of fused-ring (bicyclic) bond motifs is 1. The second kappa shape index (κ2) is 9.63. The van der Waals surface area contributed by atoms with E-state index in [2.05, 4.69) is 10.0 Å². The van der Waals surface area contributed by atoms with Crippen LogP contribution < -0.4 is 19.5 Å². The van der Waals surface area contributed by atoms with Crippen LogP contribution in [0.4, 0.5) is 14.5 Å². The Morgan fingerprint density at radius 1 is 1.13 bits per heavy atom. The maximum atomic E-state index is 13.9. The lowest BCUT2D eigenvalue weighted by atomic mass is 10.2. The SMILES string of the molecule is CSCC[C@H](NS(=O)(=O)c1ccc2c(c1)OCCO2)C(=O)Nc1cc(F)ccc1F. The quantitative estimate of drug-likeness (QED) is 0.632. The number of carbonyl (C=O) groups is 1. The van der Waals surface area contributed by atoms with E-state index in [0.29, 0.717) is 24.7 Å². The van der Waals surface area contributed by atoms with Crippen LogP contribution >= 0.6 is 11.8 Å². The van der Waals surface area contributed by atoms with Crippen molar-refractivity contribution in [3.05, 3.63) is 48.0 Å². The summed E-state index contributed by atoms with van der Waals surface area (Å²) in [5.41, 5.74) is -0.368. The summed E-state index contributed by atoms with van der Waals surface area (Å²) in [7, 11) is -4.10. The molecule has 30 heavy (non-hydrogen) atoms. The van der Waals surface area contributed by atoms with Crippen molar-refractivity contribution in [2.45, 2.75) is 17.4 Å². The molecule has 1 aliphatic heterocycles. The van der Waals surface area contributed by atoms with E-state index in [1.54, 1.807) is 6.26 Å². The summed E-state index contributed by atoms with van der Waals surface area (Å²) >= 11 is 1.41. The first kappa shape index (κ1) is 22.3. The number of carbonyl (C=O) groups excluding carboxylic acids is 1. The first-order chi connectivity index (χ1) is 14.3. The van der Waals surface area contributed by atoms with Gasteiger partial charge in [-0.2, -0.15) is 16.5 Å². The third-order valence-corrected chi connectivity index (χ3v) is 6.35. The highest BCUT2D eigenvalue weighted by Crippen LogP contribution is 2.32. The van der Waals surface area contributed by atoms with Crippen molar-refractivity contribution in [2.24, 2.45) is 0 Å². The molecule has 3 rings (SSSR count). The average molecular weight is 459 g/mol. The van der Waals surface area contributed by atoms with Crippen molar-refractivity contribution in [1.29, 1.82) is 0 Å². The van der Waals surface area contributed by atoms with E-state index < -0.39 is 33.6 Å². The molecule has 2 aromatic rings. The van der Waals surface area contributed by atoms with Gasteiger partial charge in [-0.25, -0.2) is 17.2 Å². The molecule has 0 unspecified atom stereocenters. The molecule has 0 spiro atoms. The molecule has 0 fully saturated rings. The molecular formula is C19H20F2N2O5S2. The number of thioether (sulfide) groups is 1. The zero-order chi connectivity index (χ0) is 21.7. The van der Waals surface area contributed by atoms with Crippen molar-refractivity contribution in [3.8, 4) is 11.5 Å². The second-order valence-electron chi connectivity index (χ2n) is 6.37. The molecular weight excluding hydrogens is 438 g/mol. The first-order valence-corrected chi connectivity index (χ1v) is 11.8. The summed E-state index contributed by atoms with van der Waals surface area (Å²) in [6.07, 6.45) is 1.95. The van der Waals surface area contributed by atoms with Crippen LogP contribution in [0.2, 0.25) is 0 Å². The van der Waals surface area contributed by atoms with E-state index in [1.165, 1.54) is 30.0 Å². The van der Waals surface area contributed by atoms with E-state index in [1.807, 2.05) is 0 Å². The fourth-order valence-corrected chi connectivity index (χ4v) is 4.45. The molecule has 162 valence electrons. The summed E-state index contributed by atoms with van der Waals surface area (Å²) in [6, 6.07) is 5.55. The van der Waals surface area contributed by atoms with Gasteiger partial charge in [-0.15, -0.1) is 0 Å². The molecule has 2 aromatic carbocycles. The van der Waals surface area contributed by atoms with E-state index in [9.17, 15) is 22.0 Å². The monoisotopic (exact) mass is 458 g/mol. The standard InChI is InChI=1S/C19H20F2N2O5S2/c1-29-9-6-15(19(24)22-16-10-12(20)2-4-14(16)21)23-30(25,26)13-3-5-17-18(11-13)28-8-7-27-17/h2-5,10-11,15,23H,6-9H2,1H3,(H,22,24)/t15-/m0/s1. The highest BCUT2D eigenvalue weighted by Gasteiger charge is 2.27. The molecule has 1 heterocycles. The highest BCUT2D eigenvalue weighted by molar-refractivity contribution is 7.98. The number of anilines is 1. The van der Waals surface area contributed by atoms with Crippen LogP contribution in [-0.4, -0.2) is 45.6 Å². The Kier molecular flexibility index (Phi) is 7.16. The third-order valence-electron chi connectivity index (χ3n) is 4.23. The number of nitrogens with one attached hydrogen (secondary N) is 2. The van der Waals surface area contributed by atoms with Crippen LogP contribution in [-0.2, 0) is 14.8 Å². The Morgan fingerprint density at radius 3 is 2.60 bits per heavy atom. The van der Waals surface area contributed by atoms with Crippen LogP contribution in [0.15, 0.2) is 41.3 Å². The number of benzene rings is 2. The number of ether oxygens (including phenoxy) is 2. The summed E-state index contributed by atoms with van der Waals surface area (Å²) in [6.45, 7) is 0.660. The van der Waals surface area contributed by atoms with E-state index in [-0.39, 0.29) is 22.8 Å². The van der Waals surface area contributed by atoms with Crippen molar-refractivity contribution in [1.82, 2.24) is 4.72 Å². The van der Waals surface area contributed by atoms with Gasteiger partial charge in [-0.3, -0.25) is 4.79 Å². The van der Waals surface area contributed by atoms with Crippen molar-refractivity contribution in [2.75, 3.05) is 30.5 Å². The van der Waals surface area contributed by atoms with Gasteiger partial charge in [0.05, 0.1) is 10.6 Å². The van der Waals surface area contributed by atoms with E-state index in [0.717, 1.165) is 18.2 Å². The minimum atomic E-state index is -4.10. The van der Waals surface area contributed by atoms with Gasteiger partial charge in [0, 0.05) is 12.1 Å². The first-order valence-electron chi connectivity index (χ1n) is 8.97. The minimum Gasteiger partial charge on any atom is -0.486 e. The average Bonchev–Trinajstić information content (AvgIpc) is 2.73. The third kappa shape index (κ3) is 5.41. The molecule has 0 aromatic heterocycles. The molecule has 0 radical (unpaired) electrons. The summed E-state index contributed by atoms with van der Waals surface area (Å²) in [5, 5.41) is 2.25. The lowest BCUT2D eigenvalue weighted by Crippen LogP contribution is -2.44. The van der Waals surface area contributed by atoms with E-state index in [4.69, 9.17) is 9.47 Å². The fraction of sp³-hybridized carbons (Fsp3) is 0.316. The molecule has 11 heteroatoms. The van der Waals surface area contributed by atoms with Gasteiger partial charge < -0.3 is 14.8 Å². The lowest BCUT2D eigenvalue weighted by molar-refractivity contribution is -0.117. The Hall–Kier alpha value is -2.37. The van der Waals surface area contributed by atoms with Crippen molar-refractivity contribution in [3.63, 3.8) is 0 Å². The fourth-order valence-electron chi connectivity index (χ4n) is 2.74. The summed E-state index contributed by atoms with van der Waals surface area (Å²) < 4.78 is 66.0. The molecule has 0 saturated carbocycles. The lowest BCUT2D eigenvalue weighted by Gasteiger charge is -2.21. The largest absolute Gasteiger partial charge is 0.486 e. The number of sulfonamides is 1. The van der Waals surface area contributed by atoms with Gasteiger partial charge in [0.25, 0.3) is 0 Å². The Morgan fingerprint density at radius 2 is 1.87 bits per heavy atom. The maximum Gasteiger partial charge on any atom is 0.242 e. The van der Waals surface area contributed by atoms with Crippen LogP contribution in [0, 0.1) is 11.6 Å². The Balaban J connectivity index is 1.81. The van der Waals surface area contributed by atoms with Gasteiger partial charge in [0.15, 0.2) is 11.5 Å². The number of rotatable bonds is 8. The molecule has 2 N–H and O–H groups in total. The predicted octanol–water partition coefficient (Wildman–Crippen LogP) is 2.77. The zero-order valence-corrected chi connectivity index (χ0v) is 17.6. The molecule has 1 atom stereocenters. The van der Waals surface area contributed by atoms with Crippen LogP contribution in [0.5, 0.6) is 11.5 Å². The van der Waals surface area contributed by atoms with Gasteiger partial charge >= 0.3 is 0 Å². The molecule has 0 bridgehead atoms. The number of amides is 1. The minimum absolute atomic E-state index is 0.106. The smallest absolute Gasteiger partial charge is 0.242 e. The van der Waals surface area contributed by atoms with Gasteiger partial charge in [-0.05, 0) is 42.7 Å². The summed E-state index contributed by atoms with van der Waals surface area (Å²) in [4.78, 5) is 12.5. The van der Waals surface area contributed by atoms with Gasteiger partial charge in [0.2, 0.25) is 15.9 Å². The van der Waals surface area contributed by atoms with Crippen LogP contribution in [0.1, 0.15) is 6.42 Å². The zero-order valence-electron chi connectivity index (χ0n) is 16.0. The number of hydrogen-bond donors (Lipinski definition) is 2. The van der Waals surface area contributed by atoms with E-state index >= 15 is 0 Å². The molecule has 1 aliphatic rings. The number of halogens is 2. The Labute approximate surface area is 177 Å². The molecule has 0 saturated heterocycles. The van der Waals surface area contributed by atoms with Crippen molar-refractivity contribution < 1.29 is 31.5 Å². The molecule has 0 aliphatic carbocycles. The predicted molar refractivity (Wildman–Crippen MR) is 110 cm³/mol. The van der Waals surface area contributed by atoms with Gasteiger partial charge in [-0.1, -0.05) is 0 Å². The number of hydrogen-bond acceptors (Lipinski definition) is 6. The normalized spacial score (nSPS) is 14.2. The van der Waals surface area contributed by atoms with Crippen LogP contribution in [0.3, 0.4) is 0 Å². The summed E-state index contributed by atoms with van der Waals surface area (Å²) in [5.74, 6) is -1.18. The topological polar surface area (TPSA) is 93.7 Å². The molecule has 7 nitrogen and oxygen atoms in total. The Bertz CT molecular complexity index is 1030. The van der Waals surface area contributed by atoms with Crippen LogP contribution in [0.25, 0.3) is 0 Å². The second-order valence-corrected chi connectivity index (χ2v) is 9.07. The maximum absolute atomic E-state index is 13.9. The molecule has 1 amide bonds. The van der Waals surface area contributed by atoms with Gasteiger partial charge in [0.1, 0.15) is 30.9 Å². The highest BCUT2D eigenvalue weighted by atomic mass is 32.2. The van der Waals surface area contributed by atoms with Crippen molar-refractivity contribution >= 4 is 33.4 Å².